The van der Waals surface area contributed by atoms with Crippen LogP contribution in [-0.2, 0) is 0 Å². The van der Waals surface area contributed by atoms with Crippen LogP contribution < -0.4 is 14.8 Å². The van der Waals surface area contributed by atoms with Crippen LogP contribution in [0.15, 0.2) is 60.7 Å². The standard InChI is InChI=1S/C24H20Cl2N4O3/c1-14-4-7-17(26)12-20(14)30-23(15-5-8-16(25)9-6-15)28-22(29-30)24(31)27-19-13-18(32-2)10-11-21(19)33-3/h4-13H,1-3H3,(H,27,31). The lowest BCUT2D eigenvalue weighted by Crippen LogP contribution is -2.15. The molecule has 1 amide bonds. The number of hydrogen-bond acceptors (Lipinski definition) is 5. The maximum Gasteiger partial charge on any atom is 0.295 e. The van der Waals surface area contributed by atoms with Crippen molar-refractivity contribution in [3.8, 4) is 28.6 Å². The van der Waals surface area contributed by atoms with Gasteiger partial charge >= 0.3 is 0 Å². The Labute approximate surface area is 200 Å². The van der Waals surface area contributed by atoms with Gasteiger partial charge in [0.25, 0.3) is 5.91 Å². The van der Waals surface area contributed by atoms with Crippen LogP contribution >= 0.6 is 23.2 Å². The largest absolute Gasteiger partial charge is 0.497 e. The Morgan fingerprint density at radius 3 is 2.36 bits per heavy atom. The zero-order valence-corrected chi connectivity index (χ0v) is 19.6. The van der Waals surface area contributed by atoms with Crippen LogP contribution in [-0.4, -0.2) is 34.9 Å². The van der Waals surface area contributed by atoms with Gasteiger partial charge in [0.2, 0.25) is 5.82 Å². The van der Waals surface area contributed by atoms with Gasteiger partial charge < -0.3 is 14.8 Å². The van der Waals surface area contributed by atoms with Gasteiger partial charge in [0, 0.05) is 21.7 Å². The third-order valence-corrected chi connectivity index (χ3v) is 5.45. The first-order chi connectivity index (χ1) is 15.9. The van der Waals surface area contributed by atoms with Gasteiger partial charge in [0.05, 0.1) is 25.6 Å². The lowest BCUT2D eigenvalue weighted by Gasteiger charge is -2.10. The molecule has 1 aromatic heterocycles. The van der Waals surface area contributed by atoms with Gasteiger partial charge in [0.1, 0.15) is 11.5 Å². The second-order valence-corrected chi connectivity index (χ2v) is 8.00. The molecule has 33 heavy (non-hydrogen) atoms. The predicted molar refractivity (Wildman–Crippen MR) is 129 cm³/mol. The summed E-state index contributed by atoms with van der Waals surface area (Å²) in [5.74, 6) is 0.993. The van der Waals surface area contributed by atoms with Crippen LogP contribution in [0, 0.1) is 6.92 Å². The number of nitrogens with zero attached hydrogens (tertiary/aromatic N) is 3. The van der Waals surface area contributed by atoms with E-state index in [0.717, 1.165) is 11.1 Å². The Hall–Kier alpha value is -3.55. The van der Waals surface area contributed by atoms with Crippen LogP contribution in [0.5, 0.6) is 11.5 Å². The number of aryl methyl sites for hydroxylation is 1. The number of halogens is 2. The molecular formula is C24H20Cl2N4O3. The molecule has 4 aromatic rings. The zero-order chi connectivity index (χ0) is 23.5. The minimum Gasteiger partial charge on any atom is -0.497 e. The number of methoxy groups -OCH3 is 2. The second-order valence-electron chi connectivity index (χ2n) is 7.13. The molecule has 0 atom stereocenters. The molecule has 4 rings (SSSR count). The highest BCUT2D eigenvalue weighted by Crippen LogP contribution is 2.30. The van der Waals surface area contributed by atoms with Gasteiger partial charge in [-0.15, -0.1) is 5.10 Å². The first-order valence-electron chi connectivity index (χ1n) is 9.92. The van der Waals surface area contributed by atoms with Gasteiger partial charge in [0.15, 0.2) is 5.82 Å². The minimum absolute atomic E-state index is 0.0239. The number of nitrogens with one attached hydrogen (secondary N) is 1. The van der Waals surface area contributed by atoms with E-state index in [-0.39, 0.29) is 5.82 Å². The molecule has 0 aliphatic heterocycles. The van der Waals surface area contributed by atoms with Crippen LogP contribution in [0.25, 0.3) is 17.1 Å². The summed E-state index contributed by atoms with van der Waals surface area (Å²) in [4.78, 5) is 17.7. The van der Waals surface area contributed by atoms with Gasteiger partial charge in [-0.2, -0.15) is 0 Å². The third kappa shape index (κ3) is 4.79. The van der Waals surface area contributed by atoms with Crippen LogP contribution in [0.3, 0.4) is 0 Å². The van der Waals surface area contributed by atoms with E-state index >= 15 is 0 Å². The predicted octanol–water partition coefficient (Wildman–Crippen LogP) is 5.82. The fourth-order valence-corrected chi connectivity index (χ4v) is 3.56. The van der Waals surface area contributed by atoms with E-state index in [0.29, 0.717) is 38.7 Å². The van der Waals surface area contributed by atoms with Crippen LogP contribution in [0.2, 0.25) is 10.0 Å². The molecule has 0 spiro atoms. The monoisotopic (exact) mass is 482 g/mol. The number of ether oxygens (including phenoxy) is 2. The number of benzene rings is 3. The number of carbonyl (C=O) groups excluding carboxylic acids is 1. The maximum atomic E-state index is 13.1. The summed E-state index contributed by atoms with van der Waals surface area (Å²) in [5.41, 5.74) is 2.80. The molecule has 0 fully saturated rings. The summed E-state index contributed by atoms with van der Waals surface area (Å²) in [5, 5.41) is 8.44. The quantitative estimate of drug-likeness (QED) is 0.374. The number of rotatable bonds is 6. The third-order valence-electron chi connectivity index (χ3n) is 4.97. The van der Waals surface area contributed by atoms with E-state index in [1.54, 1.807) is 54.3 Å². The topological polar surface area (TPSA) is 78.3 Å². The maximum absolute atomic E-state index is 13.1. The van der Waals surface area contributed by atoms with E-state index in [2.05, 4.69) is 15.4 Å². The van der Waals surface area contributed by atoms with Crippen molar-refractivity contribution in [2.24, 2.45) is 0 Å². The van der Waals surface area contributed by atoms with E-state index in [1.807, 2.05) is 25.1 Å². The molecule has 1 N–H and O–H groups in total. The Morgan fingerprint density at radius 1 is 0.939 bits per heavy atom. The molecule has 0 bridgehead atoms. The zero-order valence-electron chi connectivity index (χ0n) is 18.1. The van der Waals surface area contributed by atoms with E-state index in [9.17, 15) is 4.79 Å². The van der Waals surface area contributed by atoms with Crippen LogP contribution in [0.1, 0.15) is 16.2 Å². The van der Waals surface area contributed by atoms with Gasteiger partial charge in [-0.1, -0.05) is 29.3 Å². The van der Waals surface area contributed by atoms with Gasteiger partial charge in [-0.05, 0) is 61.0 Å². The smallest absolute Gasteiger partial charge is 0.295 e. The molecule has 0 aliphatic carbocycles. The average Bonchev–Trinajstić information content (AvgIpc) is 3.26. The van der Waals surface area contributed by atoms with Crippen molar-refractivity contribution < 1.29 is 14.3 Å². The van der Waals surface area contributed by atoms with Crippen molar-refractivity contribution in [1.82, 2.24) is 14.8 Å². The van der Waals surface area contributed by atoms with E-state index in [4.69, 9.17) is 32.7 Å². The molecule has 1 heterocycles. The molecule has 7 nitrogen and oxygen atoms in total. The lowest BCUT2D eigenvalue weighted by molar-refractivity contribution is 0.101. The Balaban J connectivity index is 1.79. The minimum atomic E-state index is -0.504. The molecule has 9 heteroatoms. The summed E-state index contributed by atoms with van der Waals surface area (Å²) in [6.07, 6.45) is 0. The molecule has 168 valence electrons. The first kappa shape index (κ1) is 22.6. The van der Waals surface area contributed by atoms with Crippen molar-refractivity contribution in [1.29, 1.82) is 0 Å². The van der Waals surface area contributed by atoms with Gasteiger partial charge in [-0.3, -0.25) is 4.79 Å². The fraction of sp³-hybridized carbons (Fsp3) is 0.125. The molecule has 0 unspecified atom stereocenters. The summed E-state index contributed by atoms with van der Waals surface area (Å²) in [6, 6.07) is 17.7. The number of aromatic nitrogens is 3. The molecule has 3 aromatic carbocycles. The van der Waals surface area contributed by atoms with Crippen LogP contribution in [0.4, 0.5) is 5.69 Å². The normalized spacial score (nSPS) is 10.7. The molecule has 0 saturated heterocycles. The molecule has 0 saturated carbocycles. The first-order valence-corrected chi connectivity index (χ1v) is 10.7. The van der Waals surface area contributed by atoms with Crippen molar-refractivity contribution in [2.45, 2.75) is 6.92 Å². The summed E-state index contributed by atoms with van der Waals surface area (Å²) in [7, 11) is 3.06. The highest BCUT2D eigenvalue weighted by atomic mass is 35.5. The lowest BCUT2D eigenvalue weighted by atomic mass is 10.2. The SMILES string of the molecule is COc1ccc(OC)c(NC(=O)c2nc(-c3ccc(Cl)cc3)n(-c3cc(Cl)ccc3C)n2)c1. The van der Waals surface area contributed by atoms with E-state index in [1.165, 1.54) is 7.11 Å². The molecular weight excluding hydrogens is 463 g/mol. The Kier molecular flexibility index (Phi) is 6.53. The summed E-state index contributed by atoms with van der Waals surface area (Å²) >= 11 is 12.3. The van der Waals surface area contributed by atoms with Crippen molar-refractivity contribution in [2.75, 3.05) is 19.5 Å². The summed E-state index contributed by atoms with van der Waals surface area (Å²) in [6.45, 7) is 1.93. The number of hydrogen-bond donors (Lipinski definition) is 1. The number of anilines is 1. The fourth-order valence-electron chi connectivity index (χ4n) is 3.26. The van der Waals surface area contributed by atoms with Crippen molar-refractivity contribution in [3.63, 3.8) is 0 Å². The summed E-state index contributed by atoms with van der Waals surface area (Å²) < 4.78 is 12.2. The number of amides is 1. The average molecular weight is 483 g/mol. The van der Waals surface area contributed by atoms with Crippen molar-refractivity contribution >= 4 is 34.8 Å². The highest BCUT2D eigenvalue weighted by Gasteiger charge is 2.21. The molecule has 0 aliphatic rings. The Bertz CT molecular complexity index is 1320. The van der Waals surface area contributed by atoms with Crippen molar-refractivity contribution in [3.05, 3.63) is 82.1 Å². The highest BCUT2D eigenvalue weighted by molar-refractivity contribution is 6.31. The number of carbonyl (C=O) groups is 1. The van der Waals surface area contributed by atoms with Gasteiger partial charge in [-0.25, -0.2) is 9.67 Å². The van der Waals surface area contributed by atoms with E-state index < -0.39 is 5.91 Å². The molecule has 0 radical (unpaired) electrons. The Morgan fingerprint density at radius 2 is 1.67 bits per heavy atom. The second kappa shape index (κ2) is 9.52.